The number of pyridine rings is 1. The summed E-state index contributed by atoms with van der Waals surface area (Å²) in [5.74, 6) is 1.10. The minimum Gasteiger partial charge on any atom is -0.291 e. The van der Waals surface area contributed by atoms with Gasteiger partial charge in [-0.25, -0.2) is 15.2 Å². The molecule has 0 spiro atoms. The molecule has 1 aliphatic heterocycles. The molecule has 0 radical (unpaired) electrons. The van der Waals surface area contributed by atoms with Gasteiger partial charge in [-0.3, -0.25) is 10.3 Å². The molecule has 1 atom stereocenters. The van der Waals surface area contributed by atoms with Crippen LogP contribution in [0.2, 0.25) is 0 Å². The SMILES string of the molecule is CCC(C)c1ccc(NC(=O)N2CCCCCN2)nc1. The van der Waals surface area contributed by atoms with Crippen molar-refractivity contribution in [3.8, 4) is 0 Å². The third kappa shape index (κ3) is 3.93. The van der Waals surface area contributed by atoms with E-state index in [1.807, 2.05) is 18.3 Å². The third-order valence-corrected chi connectivity index (χ3v) is 3.81. The van der Waals surface area contributed by atoms with Crippen LogP contribution in [0.15, 0.2) is 18.3 Å². The van der Waals surface area contributed by atoms with Crippen molar-refractivity contribution in [3.05, 3.63) is 23.9 Å². The molecule has 5 nitrogen and oxygen atoms in total. The molecule has 5 heteroatoms. The van der Waals surface area contributed by atoms with Crippen molar-refractivity contribution in [3.63, 3.8) is 0 Å². The maximum absolute atomic E-state index is 12.1. The Morgan fingerprint density at radius 2 is 2.30 bits per heavy atom. The molecule has 20 heavy (non-hydrogen) atoms. The van der Waals surface area contributed by atoms with E-state index < -0.39 is 0 Å². The number of nitrogens with one attached hydrogen (secondary N) is 2. The predicted molar refractivity (Wildman–Crippen MR) is 80.5 cm³/mol. The number of nitrogens with zero attached hydrogens (tertiary/aromatic N) is 2. The number of anilines is 1. The van der Waals surface area contributed by atoms with Gasteiger partial charge in [0.25, 0.3) is 0 Å². The number of rotatable bonds is 3. The molecule has 0 bridgehead atoms. The van der Waals surface area contributed by atoms with E-state index in [1.54, 1.807) is 5.01 Å². The first-order valence-corrected chi connectivity index (χ1v) is 7.48. The van der Waals surface area contributed by atoms with Gasteiger partial charge in [0.15, 0.2) is 0 Å². The number of carbonyl (C=O) groups excluding carboxylic acids is 1. The minimum atomic E-state index is -0.129. The summed E-state index contributed by atoms with van der Waals surface area (Å²) in [4.78, 5) is 16.4. The van der Waals surface area contributed by atoms with Crippen molar-refractivity contribution in [1.29, 1.82) is 0 Å². The van der Waals surface area contributed by atoms with Gasteiger partial charge in [0.2, 0.25) is 0 Å². The summed E-state index contributed by atoms with van der Waals surface area (Å²) >= 11 is 0. The van der Waals surface area contributed by atoms with Crippen molar-refractivity contribution >= 4 is 11.8 Å². The summed E-state index contributed by atoms with van der Waals surface area (Å²) in [6, 6.07) is 3.78. The van der Waals surface area contributed by atoms with Gasteiger partial charge in [-0.05, 0) is 36.8 Å². The van der Waals surface area contributed by atoms with E-state index in [0.29, 0.717) is 11.7 Å². The van der Waals surface area contributed by atoms with Gasteiger partial charge >= 0.3 is 6.03 Å². The lowest BCUT2D eigenvalue weighted by molar-refractivity contribution is 0.189. The molecule has 2 amide bonds. The van der Waals surface area contributed by atoms with Gasteiger partial charge in [-0.1, -0.05) is 26.3 Å². The number of aromatic nitrogens is 1. The zero-order chi connectivity index (χ0) is 14.4. The molecule has 1 saturated heterocycles. The first-order chi connectivity index (χ1) is 9.70. The molecule has 1 aromatic rings. The highest BCUT2D eigenvalue weighted by atomic mass is 16.2. The van der Waals surface area contributed by atoms with E-state index in [0.717, 1.165) is 32.4 Å². The number of carbonyl (C=O) groups is 1. The normalized spacial score (nSPS) is 17.4. The van der Waals surface area contributed by atoms with Crippen molar-refractivity contribution in [2.75, 3.05) is 18.4 Å². The molecule has 1 aliphatic rings. The molecule has 1 unspecified atom stereocenters. The van der Waals surface area contributed by atoms with Crippen molar-refractivity contribution < 1.29 is 4.79 Å². The second-order valence-electron chi connectivity index (χ2n) is 5.34. The van der Waals surface area contributed by atoms with Crippen LogP contribution < -0.4 is 10.7 Å². The monoisotopic (exact) mass is 276 g/mol. The van der Waals surface area contributed by atoms with E-state index in [-0.39, 0.29) is 6.03 Å². The van der Waals surface area contributed by atoms with Gasteiger partial charge in [0, 0.05) is 19.3 Å². The van der Waals surface area contributed by atoms with Crippen LogP contribution in [-0.4, -0.2) is 29.1 Å². The summed E-state index contributed by atoms with van der Waals surface area (Å²) in [5, 5.41) is 4.49. The molecule has 1 fully saturated rings. The fourth-order valence-electron chi connectivity index (χ4n) is 2.22. The Bertz CT molecular complexity index is 424. The summed E-state index contributed by atoms with van der Waals surface area (Å²) in [7, 11) is 0. The molecule has 2 heterocycles. The van der Waals surface area contributed by atoms with E-state index in [1.165, 1.54) is 12.0 Å². The van der Waals surface area contributed by atoms with Gasteiger partial charge in [0.1, 0.15) is 5.82 Å². The standard InChI is InChI=1S/C15H24N4O/c1-3-12(2)13-7-8-14(16-11-13)18-15(20)19-10-6-4-5-9-17-19/h7-8,11-12,17H,3-6,9-10H2,1-2H3,(H,16,18,20). The molecular formula is C15H24N4O. The van der Waals surface area contributed by atoms with Gasteiger partial charge in [0.05, 0.1) is 0 Å². The Morgan fingerprint density at radius 1 is 1.45 bits per heavy atom. The van der Waals surface area contributed by atoms with Crippen LogP contribution in [0.25, 0.3) is 0 Å². The quantitative estimate of drug-likeness (QED) is 0.891. The fraction of sp³-hybridized carbons (Fsp3) is 0.600. The lowest BCUT2D eigenvalue weighted by atomic mass is 10.0. The lowest BCUT2D eigenvalue weighted by Crippen LogP contribution is -2.45. The molecule has 0 saturated carbocycles. The fourth-order valence-corrected chi connectivity index (χ4v) is 2.22. The van der Waals surface area contributed by atoms with Crippen LogP contribution in [0.3, 0.4) is 0 Å². The summed E-state index contributed by atoms with van der Waals surface area (Å²) in [6.07, 6.45) is 6.26. The van der Waals surface area contributed by atoms with Crippen molar-refractivity contribution in [1.82, 2.24) is 15.4 Å². The minimum absolute atomic E-state index is 0.129. The van der Waals surface area contributed by atoms with Gasteiger partial charge < -0.3 is 0 Å². The Kier molecular flexibility index (Phi) is 5.35. The maximum Gasteiger partial charge on any atom is 0.337 e. The molecule has 2 rings (SSSR count). The Labute approximate surface area is 120 Å². The molecule has 0 aliphatic carbocycles. The summed E-state index contributed by atoms with van der Waals surface area (Å²) in [5.41, 5.74) is 4.34. The van der Waals surface area contributed by atoms with Crippen LogP contribution in [0.5, 0.6) is 0 Å². The highest BCUT2D eigenvalue weighted by molar-refractivity contribution is 5.87. The zero-order valence-electron chi connectivity index (χ0n) is 12.4. The summed E-state index contributed by atoms with van der Waals surface area (Å²) in [6.45, 7) is 5.94. The molecule has 2 N–H and O–H groups in total. The number of hydrogen-bond acceptors (Lipinski definition) is 3. The second kappa shape index (κ2) is 7.24. The average molecular weight is 276 g/mol. The Hall–Kier alpha value is -1.62. The third-order valence-electron chi connectivity index (χ3n) is 3.81. The predicted octanol–water partition coefficient (Wildman–Crippen LogP) is 3.12. The van der Waals surface area contributed by atoms with Gasteiger partial charge in [-0.15, -0.1) is 0 Å². The van der Waals surface area contributed by atoms with Crippen LogP contribution >= 0.6 is 0 Å². The molecule has 0 aromatic carbocycles. The van der Waals surface area contributed by atoms with E-state index in [9.17, 15) is 4.79 Å². The zero-order valence-corrected chi connectivity index (χ0v) is 12.4. The number of hydrazine groups is 1. The smallest absolute Gasteiger partial charge is 0.291 e. The van der Waals surface area contributed by atoms with Crippen LogP contribution in [-0.2, 0) is 0 Å². The van der Waals surface area contributed by atoms with Crippen molar-refractivity contribution in [2.24, 2.45) is 0 Å². The van der Waals surface area contributed by atoms with Crippen LogP contribution in [0, 0.1) is 0 Å². The molecule has 1 aromatic heterocycles. The second-order valence-corrected chi connectivity index (χ2v) is 5.34. The highest BCUT2D eigenvalue weighted by Crippen LogP contribution is 2.18. The maximum atomic E-state index is 12.1. The highest BCUT2D eigenvalue weighted by Gasteiger charge is 2.15. The number of urea groups is 1. The van der Waals surface area contributed by atoms with Crippen molar-refractivity contribution in [2.45, 2.75) is 45.4 Å². The molecule has 110 valence electrons. The lowest BCUT2D eigenvalue weighted by Gasteiger charge is -2.21. The number of amides is 2. The van der Waals surface area contributed by atoms with E-state index in [4.69, 9.17) is 0 Å². The largest absolute Gasteiger partial charge is 0.337 e. The topological polar surface area (TPSA) is 57.3 Å². The number of hydrogen-bond donors (Lipinski definition) is 2. The average Bonchev–Trinajstić information content (AvgIpc) is 2.76. The first-order valence-electron chi connectivity index (χ1n) is 7.48. The summed E-state index contributed by atoms with van der Waals surface area (Å²) < 4.78 is 0. The van der Waals surface area contributed by atoms with Crippen LogP contribution in [0.1, 0.15) is 51.0 Å². The van der Waals surface area contributed by atoms with Gasteiger partial charge in [-0.2, -0.15) is 0 Å². The van der Waals surface area contributed by atoms with E-state index in [2.05, 4.69) is 29.6 Å². The van der Waals surface area contributed by atoms with Crippen LogP contribution in [0.4, 0.5) is 10.6 Å². The molecular weight excluding hydrogens is 252 g/mol. The Balaban J connectivity index is 1.93. The van der Waals surface area contributed by atoms with E-state index >= 15 is 0 Å². The first kappa shape index (κ1) is 14.8. The Morgan fingerprint density at radius 3 is 3.00 bits per heavy atom.